The fraction of sp³-hybridized carbons (Fsp3) is 0.914. The number of carbonyl (C=O) groups excluding carboxylic acids is 5. The zero-order valence-electron chi connectivity index (χ0n) is 71.0. The Hall–Kier alpha value is 4.04. The second-order valence-corrected chi connectivity index (χ2v) is 34.3. The van der Waals surface area contributed by atoms with E-state index in [1.54, 1.807) is 11.8 Å². The number of carboxylic acids is 2. The van der Waals surface area contributed by atoms with Gasteiger partial charge in [0.1, 0.15) is 103 Å². The van der Waals surface area contributed by atoms with Crippen LogP contribution in [0.1, 0.15) is 78.6 Å². The Labute approximate surface area is 902 Å². The number of hydrogen-bond acceptors (Lipinski definition) is 49. The average molecular weight is 2020 g/mol. The number of urea groups is 1. The van der Waals surface area contributed by atoms with Crippen LogP contribution in [0.2, 0.25) is 0 Å². The molecule has 4 N–H and O–H groups in total. The smallest absolute Gasteiger partial charge is 0.726 e. The number of amides is 4. The number of unbranched alkanes of at least 4 members (excludes halogenated alkanes) is 3. The summed E-state index contributed by atoms with van der Waals surface area (Å²) in [7, 11) is -32.0. The molecule has 678 valence electrons. The van der Waals surface area contributed by atoms with Crippen molar-refractivity contribution in [3.05, 3.63) is 0 Å². The third kappa shape index (κ3) is 36.2. The van der Waals surface area contributed by atoms with Crippen molar-refractivity contribution in [2.24, 2.45) is 0 Å². The van der Waals surface area contributed by atoms with Crippen molar-refractivity contribution in [2.45, 2.75) is 248 Å². The third-order valence-corrected chi connectivity index (χ3v) is 23.9. The van der Waals surface area contributed by atoms with Gasteiger partial charge in [0.15, 0.2) is 49.3 Å². The van der Waals surface area contributed by atoms with Crippen molar-refractivity contribution in [2.75, 3.05) is 87.5 Å². The molecule has 52 nitrogen and oxygen atoms in total. The maximum absolute atomic E-state index is 14.2. The number of aliphatic carboxylic acids is 2. The zero-order valence-corrected chi connectivity index (χ0v) is 92.7. The molecule has 28 atom stereocenters. The topological polar surface area (TPSA) is 735 Å². The molecule has 9 heterocycles. The Bertz CT molecular complexity index is 4110. The van der Waals surface area contributed by atoms with E-state index < -0.39 is 266 Å². The minimum absolute atomic E-state index is 0. The van der Waals surface area contributed by atoms with Gasteiger partial charge >= 0.3 is 242 Å². The number of hydrogen-bond donors (Lipinski definition) is 4. The third-order valence-electron chi connectivity index (χ3n) is 19.7. The van der Waals surface area contributed by atoms with Crippen LogP contribution in [0, 0.1) is 0 Å². The summed E-state index contributed by atoms with van der Waals surface area (Å²) in [6.07, 6.45) is -49.5. The van der Waals surface area contributed by atoms with Crippen molar-refractivity contribution in [3.63, 3.8) is 0 Å². The van der Waals surface area contributed by atoms with Gasteiger partial charge in [-0.3, -0.25) is 34.7 Å². The second kappa shape index (κ2) is 57.2. The van der Waals surface area contributed by atoms with E-state index in [1.165, 1.54) is 13.8 Å². The van der Waals surface area contributed by atoms with Crippen LogP contribution in [0.15, 0.2) is 0 Å². The fourth-order valence-electron chi connectivity index (χ4n) is 14.8. The van der Waals surface area contributed by atoms with Crippen LogP contribution in [-0.2, 0) is 187 Å². The van der Waals surface area contributed by atoms with E-state index in [9.17, 15) is 112 Å². The molecule has 9 aliphatic heterocycles. The van der Waals surface area contributed by atoms with Crippen molar-refractivity contribution in [1.82, 2.24) is 21.3 Å². The number of rotatable bonds is 47. The van der Waals surface area contributed by atoms with E-state index in [0.717, 1.165) is 61.1 Å². The molecule has 0 spiro atoms. The number of carboxylic acid groups (broad SMARTS) is 2. The molecule has 4 unspecified atom stereocenters. The quantitative estimate of drug-likeness (QED) is 0.0144. The fourth-order valence-corrected chi connectivity index (χ4v) is 18.6. The Balaban J connectivity index is 0.0000192. The molecule has 125 heavy (non-hydrogen) atoms. The van der Waals surface area contributed by atoms with Crippen molar-refractivity contribution >= 4 is 104 Å². The first-order valence-corrected chi connectivity index (χ1v) is 44.6. The molecule has 4 amide bonds. The summed E-state index contributed by atoms with van der Waals surface area (Å²) in [6, 6.07) is -1.84. The van der Waals surface area contributed by atoms with Crippen molar-refractivity contribution in [1.29, 1.82) is 0 Å². The molecule has 9 aliphatic rings. The molecule has 9 fully saturated rings. The standard InChI is InChI=1S/C58H96N4O48S7.8Na/c1-9-57(54(65)66)47(104-49-34(38(94-11-3)35(93-10-2)27(99-49)21-96-112(70,71)72)61-32(64)19-13-12-16-20-59-31(63)18-15-14-17-30-33-26(24-111-30)60-56(69)62-33)41(89-5)43(91-7)52(106-57)103-37-29(23-98-114(76,77)78)101-51(46(110-117(85,86)87)40(37)108-115(79,80)81)105-48-42(90-6)44-53(107-58(48,25-95-44)55(67)68)102-36-28(22-97-113(73,74)75)100-50(92-8)45(39(36)88-4)109-116(82,83)84;;;;;;;;/h26-30,33-53H,9-25H2,1-8H3,(H,59,63)(H,61,64)(H,65,66)(H,67,68)(H2,60,62,69)(H,70,71,72)(H,73,74,75)(H,76,77,78)(H,79,80,81)(H,82,83,84)(H,85,86,87);;;;;;;;/q;8*+1/p-8/t26?,27-,28-,29-,30?,33?,34-,35-,36-,37-,38-,39+,40+,41-,42-,43-,44-,45-,46-,47+,48+,49+,50+,51-,52-,53?,57+,58+;;;;;;;;/m1......../s1. The molecule has 0 aromatic carbocycles. The van der Waals surface area contributed by atoms with Gasteiger partial charge in [0.2, 0.25) is 74.2 Å². The zero-order chi connectivity index (χ0) is 86.7. The Morgan fingerprint density at radius 3 is 1.44 bits per heavy atom. The van der Waals surface area contributed by atoms with Gasteiger partial charge in [0.05, 0.1) is 50.4 Å². The molecule has 0 aromatic rings. The molecule has 0 aromatic heterocycles. The SMILES string of the molecule is CCO[C@@H]1[C@@H](NC(=O)CCCCCNC(=O)CCCCC2SCC3NC(=O)NC32)[C@H](O[C@H]2[C@H](OC)[C@@H](OC)[C@H](O[C@H]3[C@H](OS(=O)(=O)[O-])[C@@H](OS(=O)(=O)[O-])[C@@H](O[C@H]4[C@H](OC)[C@H]5OC[C@]4(C(=O)[O-])OC5O[C@H]4[C@H](OC)[C@@H](OS(=O)(=O)[O-])[C@@H](OC)O[C@@H]4COS(=O)(=O)[O-])O[C@@H]3COS(=O)(=O)[O-])O[C@]2(CC)C(=O)[O-])O[C@H](COS(=O)(=O)[O-])[C@H]1OCC.[Na+].[Na+].[Na+].[Na+].[Na+].[Na+].[Na+].[Na+]. The van der Waals surface area contributed by atoms with Gasteiger partial charge in [-0.1, -0.05) is 19.8 Å². The van der Waals surface area contributed by atoms with Gasteiger partial charge < -0.3 is 149 Å². The summed E-state index contributed by atoms with van der Waals surface area (Å²) >= 11 is 1.75. The van der Waals surface area contributed by atoms with Crippen molar-refractivity contribution < 1.29 is 454 Å². The summed E-state index contributed by atoms with van der Waals surface area (Å²) in [5, 5.41) is 39.4. The average Bonchev–Trinajstić information content (AvgIpc) is 1.11. The second-order valence-electron chi connectivity index (χ2n) is 26.9. The maximum Gasteiger partial charge on any atom is 1.00 e. The number of nitrogens with one attached hydrogen (secondary N) is 4. The largest absolute Gasteiger partial charge is 1.00 e. The van der Waals surface area contributed by atoms with Gasteiger partial charge in [-0.15, -0.1) is 0 Å². The van der Waals surface area contributed by atoms with Crippen molar-refractivity contribution in [3.8, 4) is 0 Å². The molecule has 9 saturated heterocycles. The van der Waals surface area contributed by atoms with Crippen LogP contribution in [0.4, 0.5) is 4.79 Å². The molecule has 0 aliphatic carbocycles. The van der Waals surface area contributed by atoms with Gasteiger partial charge in [-0.2, -0.15) is 11.8 Å². The summed E-state index contributed by atoms with van der Waals surface area (Å²) in [6.45, 7) is -1.95. The first-order valence-electron chi connectivity index (χ1n) is 35.5. The number of thioether (sulfide) groups is 1. The number of fused-ring (bicyclic) bond motifs is 4. The minimum Gasteiger partial charge on any atom is -0.726 e. The van der Waals surface area contributed by atoms with Gasteiger partial charge in [-0.05, 0) is 46.0 Å². The van der Waals surface area contributed by atoms with Crippen LogP contribution >= 0.6 is 11.8 Å². The molecule has 0 radical (unpaired) electrons. The first kappa shape index (κ1) is 129. The summed E-state index contributed by atoms with van der Waals surface area (Å²) < 4.78 is 349. The first-order chi connectivity index (χ1) is 54.7. The van der Waals surface area contributed by atoms with E-state index in [4.69, 9.17) is 88.9 Å². The molecule has 0 saturated carbocycles. The minimum atomic E-state index is -6.53. The van der Waals surface area contributed by atoms with E-state index in [2.05, 4.69) is 38.0 Å². The van der Waals surface area contributed by atoms with E-state index in [1.807, 2.05) is 0 Å². The van der Waals surface area contributed by atoms with Gasteiger partial charge in [-0.25, -0.2) is 55.3 Å². The molecular formula is C58H88N4Na8O48S7. The van der Waals surface area contributed by atoms with E-state index in [0.29, 0.717) is 19.3 Å². The van der Waals surface area contributed by atoms with Crippen LogP contribution in [-0.4, -0.2) is 365 Å². The Morgan fingerprint density at radius 2 is 0.944 bits per heavy atom. The van der Waals surface area contributed by atoms with E-state index >= 15 is 0 Å². The van der Waals surface area contributed by atoms with Crippen LogP contribution < -0.4 is 268 Å². The van der Waals surface area contributed by atoms with Crippen LogP contribution in [0.3, 0.4) is 0 Å². The number of methoxy groups -OCH3 is 5. The molecule has 2 bridgehead atoms. The van der Waals surface area contributed by atoms with E-state index in [-0.39, 0.29) is 305 Å². The van der Waals surface area contributed by atoms with Crippen LogP contribution in [0.25, 0.3) is 0 Å². The molecular weight excluding hydrogens is 1930 g/mol. The monoisotopic (exact) mass is 2020 g/mol. The predicted octanol–water partition coefficient (Wildman–Crippen LogP) is -33.4. The summed E-state index contributed by atoms with van der Waals surface area (Å²) in [5.74, 6) is -4.99. The number of carbonyl (C=O) groups is 5. The molecule has 67 heteroatoms. The number of ether oxygens (including phenoxy) is 17. The maximum atomic E-state index is 14.2. The summed E-state index contributed by atoms with van der Waals surface area (Å²) in [5.41, 5.74) is -6.59. The Kier molecular flexibility index (Phi) is 59.1. The van der Waals surface area contributed by atoms with Crippen LogP contribution in [0.5, 0.6) is 0 Å². The van der Waals surface area contributed by atoms with Gasteiger partial charge in [0.25, 0.3) is 0 Å². The molecule has 9 rings (SSSR count). The van der Waals surface area contributed by atoms with Gasteiger partial charge in [0, 0.05) is 79.2 Å². The Morgan fingerprint density at radius 1 is 0.472 bits per heavy atom. The normalized spacial score (nSPS) is 34.5. The predicted molar refractivity (Wildman–Crippen MR) is 360 cm³/mol. The summed E-state index contributed by atoms with van der Waals surface area (Å²) in [4.78, 5) is 66.6.